The lowest BCUT2D eigenvalue weighted by atomic mass is 10.0. The van der Waals surface area contributed by atoms with E-state index in [-0.39, 0.29) is 11.7 Å². The Hall–Kier alpha value is -3.58. The highest BCUT2D eigenvalue weighted by Crippen LogP contribution is 2.37. The molecule has 33 heavy (non-hydrogen) atoms. The van der Waals surface area contributed by atoms with E-state index in [1.807, 2.05) is 77.2 Å². The standard InChI is InChI=1S/C26H24N4O2S/c1-29-25(20-11-5-8-14-23(20)32-2)27-28-26(29)33-17-24(31)30-21-12-6-3-9-18(21)15-16-19-10-4-7-13-22(19)30/h3-14H,15-17H2,1-2H3. The number of para-hydroxylation sites is 3. The number of nitrogens with zero attached hydrogens (tertiary/aromatic N) is 4. The number of hydrogen-bond acceptors (Lipinski definition) is 5. The number of amides is 1. The van der Waals surface area contributed by atoms with Crippen molar-refractivity contribution in [2.24, 2.45) is 7.05 Å². The second-order valence-electron chi connectivity index (χ2n) is 7.84. The molecule has 1 amide bonds. The third-order valence-corrected chi connectivity index (χ3v) is 6.89. The molecule has 0 bridgehead atoms. The zero-order valence-corrected chi connectivity index (χ0v) is 19.4. The smallest absolute Gasteiger partial charge is 0.242 e. The molecule has 1 aromatic heterocycles. The van der Waals surface area contributed by atoms with Crippen LogP contribution in [0.25, 0.3) is 11.4 Å². The number of carbonyl (C=O) groups is 1. The van der Waals surface area contributed by atoms with Gasteiger partial charge in [0, 0.05) is 7.05 Å². The molecule has 7 heteroatoms. The monoisotopic (exact) mass is 456 g/mol. The minimum Gasteiger partial charge on any atom is -0.496 e. The second-order valence-corrected chi connectivity index (χ2v) is 8.78. The van der Waals surface area contributed by atoms with E-state index in [9.17, 15) is 4.79 Å². The van der Waals surface area contributed by atoms with Crippen LogP contribution >= 0.6 is 11.8 Å². The van der Waals surface area contributed by atoms with Gasteiger partial charge in [0.1, 0.15) is 5.75 Å². The molecule has 4 aromatic rings. The third-order valence-electron chi connectivity index (χ3n) is 5.89. The van der Waals surface area contributed by atoms with Crippen LogP contribution in [0, 0.1) is 0 Å². The summed E-state index contributed by atoms with van der Waals surface area (Å²) in [5.74, 6) is 1.70. The van der Waals surface area contributed by atoms with Gasteiger partial charge in [0.05, 0.1) is 29.8 Å². The van der Waals surface area contributed by atoms with Crippen LogP contribution < -0.4 is 9.64 Å². The number of methoxy groups -OCH3 is 1. The summed E-state index contributed by atoms with van der Waals surface area (Å²) in [6.07, 6.45) is 1.82. The molecule has 6 nitrogen and oxygen atoms in total. The van der Waals surface area contributed by atoms with Crippen LogP contribution in [0.2, 0.25) is 0 Å². The minimum absolute atomic E-state index is 0.0173. The fourth-order valence-electron chi connectivity index (χ4n) is 4.24. The summed E-state index contributed by atoms with van der Waals surface area (Å²) in [6, 6.07) is 24.0. The van der Waals surface area contributed by atoms with E-state index in [4.69, 9.17) is 4.74 Å². The summed E-state index contributed by atoms with van der Waals surface area (Å²) in [5, 5.41) is 9.38. The summed E-state index contributed by atoms with van der Waals surface area (Å²) in [6.45, 7) is 0. The number of hydrogen-bond donors (Lipinski definition) is 0. The Bertz CT molecular complexity index is 1270. The fourth-order valence-corrected chi connectivity index (χ4v) is 5.00. The molecule has 0 atom stereocenters. The molecule has 0 aliphatic carbocycles. The highest BCUT2D eigenvalue weighted by molar-refractivity contribution is 7.99. The molecule has 0 N–H and O–H groups in total. The van der Waals surface area contributed by atoms with E-state index < -0.39 is 0 Å². The SMILES string of the molecule is COc1ccccc1-c1nnc(SCC(=O)N2c3ccccc3CCc3ccccc32)n1C. The maximum Gasteiger partial charge on any atom is 0.242 e. The molecule has 1 aliphatic rings. The highest BCUT2D eigenvalue weighted by Gasteiger charge is 2.26. The van der Waals surface area contributed by atoms with E-state index in [1.165, 1.54) is 22.9 Å². The summed E-state index contributed by atoms with van der Waals surface area (Å²) in [5.41, 5.74) is 5.15. The first-order valence-electron chi connectivity index (χ1n) is 10.8. The predicted molar refractivity (Wildman–Crippen MR) is 131 cm³/mol. The Morgan fingerprint density at radius 2 is 1.52 bits per heavy atom. The summed E-state index contributed by atoms with van der Waals surface area (Å²) < 4.78 is 7.37. The van der Waals surface area contributed by atoms with Crippen molar-refractivity contribution in [2.75, 3.05) is 17.8 Å². The normalized spacial score (nSPS) is 12.6. The number of ether oxygens (including phenoxy) is 1. The topological polar surface area (TPSA) is 60.3 Å². The summed E-state index contributed by atoms with van der Waals surface area (Å²) >= 11 is 1.39. The van der Waals surface area contributed by atoms with Gasteiger partial charge in [-0.1, -0.05) is 60.3 Å². The number of aromatic nitrogens is 3. The van der Waals surface area contributed by atoms with E-state index in [0.717, 1.165) is 35.5 Å². The molecule has 2 heterocycles. The van der Waals surface area contributed by atoms with Crippen molar-refractivity contribution >= 4 is 29.0 Å². The van der Waals surface area contributed by atoms with E-state index in [2.05, 4.69) is 22.3 Å². The molecular formula is C26H24N4O2S. The number of benzene rings is 3. The maximum absolute atomic E-state index is 13.6. The predicted octanol–water partition coefficient (Wildman–Crippen LogP) is 5.05. The Morgan fingerprint density at radius 3 is 2.18 bits per heavy atom. The van der Waals surface area contributed by atoms with Gasteiger partial charge in [-0.3, -0.25) is 9.69 Å². The average molecular weight is 457 g/mol. The lowest BCUT2D eigenvalue weighted by Gasteiger charge is -2.24. The van der Waals surface area contributed by atoms with Crippen molar-refractivity contribution in [1.29, 1.82) is 0 Å². The van der Waals surface area contributed by atoms with Crippen molar-refractivity contribution in [3.63, 3.8) is 0 Å². The Kier molecular flexibility index (Phi) is 5.88. The Balaban J connectivity index is 1.42. The molecule has 0 unspecified atom stereocenters. The van der Waals surface area contributed by atoms with E-state index in [0.29, 0.717) is 11.0 Å². The second kappa shape index (κ2) is 9.11. The van der Waals surface area contributed by atoms with Gasteiger partial charge < -0.3 is 9.30 Å². The summed E-state index contributed by atoms with van der Waals surface area (Å²) in [4.78, 5) is 15.4. The van der Waals surface area contributed by atoms with Gasteiger partial charge in [-0.2, -0.15) is 0 Å². The van der Waals surface area contributed by atoms with Crippen molar-refractivity contribution in [2.45, 2.75) is 18.0 Å². The van der Waals surface area contributed by atoms with Crippen LogP contribution in [0.4, 0.5) is 11.4 Å². The van der Waals surface area contributed by atoms with Crippen LogP contribution in [0.1, 0.15) is 11.1 Å². The zero-order chi connectivity index (χ0) is 22.8. The first-order valence-corrected chi connectivity index (χ1v) is 11.8. The van der Waals surface area contributed by atoms with Crippen molar-refractivity contribution < 1.29 is 9.53 Å². The largest absolute Gasteiger partial charge is 0.496 e. The Labute approximate surface area is 197 Å². The van der Waals surface area contributed by atoms with Crippen LogP contribution in [-0.4, -0.2) is 33.5 Å². The van der Waals surface area contributed by atoms with Gasteiger partial charge in [-0.05, 0) is 48.2 Å². The van der Waals surface area contributed by atoms with Crippen molar-refractivity contribution in [1.82, 2.24) is 14.8 Å². The fraction of sp³-hybridized carbons (Fsp3) is 0.192. The molecule has 3 aromatic carbocycles. The van der Waals surface area contributed by atoms with Crippen LogP contribution in [-0.2, 0) is 24.7 Å². The molecule has 0 radical (unpaired) electrons. The number of anilines is 2. The van der Waals surface area contributed by atoms with Gasteiger partial charge in [0.25, 0.3) is 0 Å². The van der Waals surface area contributed by atoms with Crippen molar-refractivity contribution in [3.05, 3.63) is 83.9 Å². The lowest BCUT2D eigenvalue weighted by molar-refractivity contribution is -0.115. The van der Waals surface area contributed by atoms with Crippen molar-refractivity contribution in [3.8, 4) is 17.1 Å². The minimum atomic E-state index is 0.0173. The van der Waals surface area contributed by atoms with Gasteiger partial charge in [-0.15, -0.1) is 10.2 Å². The number of aryl methyl sites for hydroxylation is 2. The highest BCUT2D eigenvalue weighted by atomic mass is 32.2. The molecule has 166 valence electrons. The number of thioether (sulfide) groups is 1. The van der Waals surface area contributed by atoms with Crippen LogP contribution in [0.3, 0.4) is 0 Å². The maximum atomic E-state index is 13.6. The number of rotatable bonds is 5. The van der Waals surface area contributed by atoms with Crippen LogP contribution in [0.5, 0.6) is 5.75 Å². The average Bonchev–Trinajstić information content (AvgIpc) is 3.13. The van der Waals surface area contributed by atoms with Gasteiger partial charge >= 0.3 is 0 Å². The lowest BCUT2D eigenvalue weighted by Crippen LogP contribution is -2.28. The van der Waals surface area contributed by atoms with Gasteiger partial charge in [0.15, 0.2) is 11.0 Å². The van der Waals surface area contributed by atoms with E-state index in [1.54, 1.807) is 7.11 Å². The Morgan fingerprint density at radius 1 is 0.909 bits per heavy atom. The molecular weight excluding hydrogens is 432 g/mol. The molecule has 0 fully saturated rings. The molecule has 1 aliphatic heterocycles. The van der Waals surface area contributed by atoms with Gasteiger partial charge in [-0.25, -0.2) is 0 Å². The first-order chi connectivity index (χ1) is 16.2. The zero-order valence-electron chi connectivity index (χ0n) is 18.6. The quantitative estimate of drug-likeness (QED) is 0.394. The number of fused-ring (bicyclic) bond motifs is 2. The molecule has 0 saturated heterocycles. The first kappa shape index (κ1) is 21.3. The molecule has 0 spiro atoms. The molecule has 5 rings (SSSR count). The van der Waals surface area contributed by atoms with Crippen LogP contribution in [0.15, 0.2) is 78.0 Å². The van der Waals surface area contributed by atoms with E-state index >= 15 is 0 Å². The number of carbonyl (C=O) groups excluding carboxylic acids is 1. The summed E-state index contributed by atoms with van der Waals surface area (Å²) in [7, 11) is 3.55. The third kappa shape index (κ3) is 4.00. The van der Waals surface area contributed by atoms with Gasteiger partial charge in [0.2, 0.25) is 5.91 Å². The molecule has 0 saturated carbocycles.